The van der Waals surface area contributed by atoms with Crippen molar-refractivity contribution in [2.45, 2.75) is 0 Å². The van der Waals surface area contributed by atoms with Crippen molar-refractivity contribution in [3.8, 4) is 0 Å². The van der Waals surface area contributed by atoms with Crippen molar-refractivity contribution in [3.63, 3.8) is 0 Å². The lowest BCUT2D eigenvalue weighted by molar-refractivity contribution is 0.0394. The van der Waals surface area contributed by atoms with Crippen molar-refractivity contribution in [1.82, 2.24) is 10.2 Å². The highest BCUT2D eigenvalue weighted by Crippen LogP contribution is 2.12. The summed E-state index contributed by atoms with van der Waals surface area (Å²) in [7, 11) is 1.31. The molecule has 1 fully saturated rings. The lowest BCUT2D eigenvalue weighted by Gasteiger charge is -2.25. The number of nitrogens with one attached hydrogen (secondary N) is 2. The first-order chi connectivity index (χ1) is 15.0. The van der Waals surface area contributed by atoms with E-state index >= 15 is 0 Å². The van der Waals surface area contributed by atoms with Crippen molar-refractivity contribution >= 4 is 23.5 Å². The molecule has 8 nitrogen and oxygen atoms in total. The average molecular weight is 428 g/mol. The van der Waals surface area contributed by atoms with Gasteiger partial charge >= 0.3 is 5.97 Å². The predicted octanol–water partition coefficient (Wildman–Crippen LogP) is 2.14. The second-order valence-electron chi connectivity index (χ2n) is 6.85. The number of anilines is 1. The van der Waals surface area contributed by atoms with E-state index in [0.717, 1.165) is 19.2 Å². The fourth-order valence-electron chi connectivity index (χ4n) is 3.03. The van der Waals surface area contributed by atoms with Crippen LogP contribution >= 0.6 is 0 Å². The summed E-state index contributed by atoms with van der Waals surface area (Å²) in [6, 6.07) is 12.0. The van der Waals surface area contributed by atoms with E-state index in [2.05, 4.69) is 20.5 Å². The van der Waals surface area contributed by atoms with Crippen molar-refractivity contribution < 1.29 is 23.5 Å². The highest BCUT2D eigenvalue weighted by atomic mass is 19.1. The number of aliphatic imine (C=N–C) groups is 1. The normalized spacial score (nSPS) is 14.7. The molecule has 164 valence electrons. The fraction of sp³-hybridized carbons (Fsp3) is 0.318. The SMILES string of the molecule is COC(=O)c1cccc(NC(=NCCN2CCOCC2)NC(=O)c2cccc(F)c2)c1. The number of carbonyl (C=O) groups is 2. The van der Waals surface area contributed by atoms with Crippen LogP contribution in [0.5, 0.6) is 0 Å². The minimum Gasteiger partial charge on any atom is -0.465 e. The first-order valence-corrected chi connectivity index (χ1v) is 9.92. The van der Waals surface area contributed by atoms with Crippen LogP contribution in [0.15, 0.2) is 53.5 Å². The largest absolute Gasteiger partial charge is 0.465 e. The molecule has 0 radical (unpaired) electrons. The minimum absolute atomic E-state index is 0.172. The minimum atomic E-state index is -0.503. The maximum absolute atomic E-state index is 13.5. The topological polar surface area (TPSA) is 92.3 Å². The van der Waals surface area contributed by atoms with Gasteiger partial charge in [-0.1, -0.05) is 12.1 Å². The van der Waals surface area contributed by atoms with E-state index in [9.17, 15) is 14.0 Å². The molecule has 0 atom stereocenters. The molecule has 0 spiro atoms. The molecule has 1 saturated heterocycles. The Balaban J connectivity index is 1.73. The molecule has 3 rings (SSSR count). The number of halogens is 1. The van der Waals surface area contributed by atoms with Gasteiger partial charge in [0.15, 0.2) is 0 Å². The Hall–Kier alpha value is -3.30. The van der Waals surface area contributed by atoms with Gasteiger partial charge in [0.1, 0.15) is 5.82 Å². The zero-order valence-corrected chi connectivity index (χ0v) is 17.3. The summed E-state index contributed by atoms with van der Waals surface area (Å²) in [4.78, 5) is 31.1. The highest BCUT2D eigenvalue weighted by Gasteiger charge is 2.13. The number of benzene rings is 2. The molecule has 2 aromatic rings. The molecule has 1 heterocycles. The van der Waals surface area contributed by atoms with Crippen LogP contribution in [0.1, 0.15) is 20.7 Å². The van der Waals surface area contributed by atoms with Crippen LogP contribution in [-0.4, -0.2) is 69.2 Å². The number of ether oxygens (including phenoxy) is 2. The molecule has 0 aromatic heterocycles. The van der Waals surface area contributed by atoms with E-state index in [1.807, 2.05) is 0 Å². The van der Waals surface area contributed by atoms with Gasteiger partial charge in [-0.25, -0.2) is 9.18 Å². The Bertz CT molecular complexity index is 945. The zero-order chi connectivity index (χ0) is 22.1. The van der Waals surface area contributed by atoms with Crippen molar-refractivity contribution in [3.05, 3.63) is 65.5 Å². The number of nitrogens with zero attached hydrogens (tertiary/aromatic N) is 2. The van der Waals surface area contributed by atoms with Crippen molar-refractivity contribution in [2.75, 3.05) is 51.8 Å². The molecule has 0 saturated carbocycles. The quantitative estimate of drug-likeness (QED) is 0.416. The van der Waals surface area contributed by atoms with Crippen LogP contribution in [0.2, 0.25) is 0 Å². The number of esters is 1. The fourth-order valence-corrected chi connectivity index (χ4v) is 3.03. The van der Waals surface area contributed by atoms with Crippen LogP contribution in [0.3, 0.4) is 0 Å². The number of hydrogen-bond donors (Lipinski definition) is 2. The highest BCUT2D eigenvalue weighted by molar-refractivity contribution is 6.10. The van der Waals surface area contributed by atoms with E-state index < -0.39 is 17.7 Å². The monoisotopic (exact) mass is 428 g/mol. The second-order valence-corrected chi connectivity index (χ2v) is 6.85. The molecule has 1 aliphatic heterocycles. The van der Waals surface area contributed by atoms with Crippen molar-refractivity contribution in [2.24, 2.45) is 4.99 Å². The number of methoxy groups -OCH3 is 1. The predicted molar refractivity (Wildman–Crippen MR) is 115 cm³/mol. The third-order valence-electron chi connectivity index (χ3n) is 4.65. The maximum Gasteiger partial charge on any atom is 0.337 e. The molecule has 1 aliphatic rings. The number of amides is 1. The van der Waals surface area contributed by atoms with Gasteiger partial charge in [-0.15, -0.1) is 0 Å². The zero-order valence-electron chi connectivity index (χ0n) is 17.3. The third kappa shape index (κ3) is 6.87. The van der Waals surface area contributed by atoms with E-state index in [4.69, 9.17) is 9.47 Å². The molecular weight excluding hydrogens is 403 g/mol. The molecular formula is C22H25FN4O4. The van der Waals surface area contributed by atoms with E-state index in [-0.39, 0.29) is 11.5 Å². The molecule has 2 aromatic carbocycles. The van der Waals surface area contributed by atoms with Gasteiger partial charge in [-0.3, -0.25) is 20.0 Å². The molecule has 0 unspecified atom stereocenters. The summed E-state index contributed by atoms with van der Waals surface area (Å²) in [5, 5.41) is 5.71. The van der Waals surface area contributed by atoms with Crippen LogP contribution in [0.4, 0.5) is 10.1 Å². The molecule has 31 heavy (non-hydrogen) atoms. The van der Waals surface area contributed by atoms with Crippen molar-refractivity contribution in [1.29, 1.82) is 0 Å². The molecule has 2 N–H and O–H groups in total. The number of carbonyl (C=O) groups excluding carboxylic acids is 2. The molecule has 9 heteroatoms. The first-order valence-electron chi connectivity index (χ1n) is 9.92. The van der Waals surface area contributed by atoms with E-state index in [1.165, 1.54) is 25.3 Å². The summed E-state index contributed by atoms with van der Waals surface area (Å²) >= 11 is 0. The van der Waals surface area contributed by atoms with Gasteiger partial charge in [0.25, 0.3) is 5.91 Å². The van der Waals surface area contributed by atoms with Gasteiger partial charge in [0.2, 0.25) is 5.96 Å². The van der Waals surface area contributed by atoms with Gasteiger partial charge in [-0.05, 0) is 36.4 Å². The summed E-state index contributed by atoms with van der Waals surface area (Å²) in [6.07, 6.45) is 0. The number of rotatable bonds is 6. The van der Waals surface area contributed by atoms with Crippen LogP contribution < -0.4 is 10.6 Å². The number of guanidine groups is 1. The average Bonchev–Trinajstić information content (AvgIpc) is 2.79. The number of morpholine rings is 1. The molecule has 0 aliphatic carbocycles. The Kier molecular flexibility index (Phi) is 8.08. The molecule has 1 amide bonds. The van der Waals surface area contributed by atoms with Crippen LogP contribution in [0, 0.1) is 5.82 Å². The summed E-state index contributed by atoms with van der Waals surface area (Å²) < 4.78 is 23.6. The van der Waals surface area contributed by atoms with Gasteiger partial charge in [0.05, 0.1) is 32.4 Å². The van der Waals surface area contributed by atoms with Crippen LogP contribution in [0.25, 0.3) is 0 Å². The third-order valence-corrected chi connectivity index (χ3v) is 4.65. The standard InChI is InChI=1S/C22H25FN4O4/c1-30-21(29)17-5-3-7-19(15-17)25-22(24-8-9-27-10-12-31-13-11-27)26-20(28)16-4-2-6-18(23)14-16/h2-7,14-15H,8-13H2,1H3,(H2,24,25,26,28). The lowest BCUT2D eigenvalue weighted by atomic mass is 10.2. The van der Waals surface area contributed by atoms with Gasteiger partial charge in [0, 0.05) is 30.9 Å². The lowest BCUT2D eigenvalue weighted by Crippen LogP contribution is -2.39. The van der Waals surface area contributed by atoms with Crippen LogP contribution in [-0.2, 0) is 9.47 Å². The summed E-state index contributed by atoms with van der Waals surface area (Å²) in [6.45, 7) is 4.16. The Morgan fingerprint density at radius 2 is 1.87 bits per heavy atom. The Morgan fingerprint density at radius 1 is 1.13 bits per heavy atom. The maximum atomic E-state index is 13.5. The van der Waals surface area contributed by atoms with Gasteiger partial charge < -0.3 is 14.8 Å². The smallest absolute Gasteiger partial charge is 0.337 e. The number of hydrogen-bond acceptors (Lipinski definition) is 6. The van der Waals surface area contributed by atoms with E-state index in [0.29, 0.717) is 37.6 Å². The second kappa shape index (κ2) is 11.2. The van der Waals surface area contributed by atoms with Gasteiger partial charge in [-0.2, -0.15) is 0 Å². The Morgan fingerprint density at radius 3 is 2.61 bits per heavy atom. The van der Waals surface area contributed by atoms with E-state index in [1.54, 1.807) is 24.3 Å². The summed E-state index contributed by atoms with van der Waals surface area (Å²) in [5.74, 6) is -1.28. The first kappa shape index (κ1) is 22.4. The summed E-state index contributed by atoms with van der Waals surface area (Å²) in [5.41, 5.74) is 1.08. The molecule has 0 bridgehead atoms. The Labute approximate surface area is 180 Å².